The van der Waals surface area contributed by atoms with Gasteiger partial charge in [0.2, 0.25) is 10.0 Å². The molecule has 0 aromatic heterocycles. The molecule has 1 aliphatic heterocycles. The molecule has 0 spiro atoms. The van der Waals surface area contributed by atoms with Crippen LogP contribution in [0.3, 0.4) is 0 Å². The Balaban J connectivity index is 2.25. The van der Waals surface area contributed by atoms with E-state index < -0.39 is 16.0 Å². The Bertz CT molecular complexity index is 764. The Morgan fingerprint density at radius 2 is 1.92 bits per heavy atom. The van der Waals surface area contributed by atoms with Crippen LogP contribution in [0.25, 0.3) is 0 Å². The van der Waals surface area contributed by atoms with Crippen molar-refractivity contribution in [2.24, 2.45) is 0 Å². The molecule has 1 aromatic carbocycles. The van der Waals surface area contributed by atoms with Gasteiger partial charge in [-0.05, 0) is 49.9 Å². The summed E-state index contributed by atoms with van der Waals surface area (Å²) in [5, 5.41) is 8.63. The minimum atomic E-state index is -3.70. The summed E-state index contributed by atoms with van der Waals surface area (Å²) in [7, 11) is -2.15. The molecule has 1 N–H and O–H groups in total. The van der Waals surface area contributed by atoms with Crippen LogP contribution in [0.1, 0.15) is 24.0 Å². The van der Waals surface area contributed by atoms with Crippen LogP contribution in [0, 0.1) is 13.8 Å². The highest BCUT2D eigenvalue weighted by Crippen LogP contribution is 2.31. The first-order chi connectivity index (χ1) is 12.3. The number of nitrogens with zero attached hydrogens (tertiary/aromatic N) is 1. The summed E-state index contributed by atoms with van der Waals surface area (Å²) in [4.78, 5) is 10.8. The molecule has 2 rings (SSSR count). The number of sulfonamides is 1. The molecular formula is C18H25NO6S. The van der Waals surface area contributed by atoms with E-state index in [0.717, 1.165) is 0 Å². The third-order valence-electron chi connectivity index (χ3n) is 4.32. The summed E-state index contributed by atoms with van der Waals surface area (Å²) in [6.07, 6.45) is 4.79. The summed E-state index contributed by atoms with van der Waals surface area (Å²) in [6.45, 7) is 3.61. The smallest absolute Gasteiger partial charge is 0.329 e. The fourth-order valence-corrected chi connectivity index (χ4v) is 5.22. The van der Waals surface area contributed by atoms with Gasteiger partial charge in [0.25, 0.3) is 0 Å². The van der Waals surface area contributed by atoms with Crippen molar-refractivity contribution in [3.8, 4) is 5.75 Å². The minimum Gasteiger partial charge on any atom is -0.497 e. The maximum absolute atomic E-state index is 13.3. The van der Waals surface area contributed by atoms with Crippen LogP contribution in [0.4, 0.5) is 0 Å². The van der Waals surface area contributed by atoms with E-state index in [1.54, 1.807) is 33.1 Å². The molecule has 0 fully saturated rings. The maximum Gasteiger partial charge on any atom is 0.329 e. The van der Waals surface area contributed by atoms with Gasteiger partial charge in [0.1, 0.15) is 12.4 Å². The lowest BCUT2D eigenvalue weighted by molar-refractivity contribution is -0.142. The Labute approximate surface area is 154 Å². The molecule has 1 aliphatic rings. The van der Waals surface area contributed by atoms with Gasteiger partial charge in [-0.15, -0.1) is 0 Å². The number of aliphatic carboxylic acids is 1. The lowest BCUT2D eigenvalue weighted by atomic mass is 10.1. The highest BCUT2D eigenvalue weighted by atomic mass is 32.2. The fraction of sp³-hybridized carbons (Fsp3) is 0.500. The first-order valence-corrected chi connectivity index (χ1v) is 9.83. The van der Waals surface area contributed by atoms with Crippen LogP contribution in [-0.4, -0.2) is 56.7 Å². The molecule has 0 saturated heterocycles. The van der Waals surface area contributed by atoms with Gasteiger partial charge in [0, 0.05) is 19.2 Å². The second kappa shape index (κ2) is 8.66. The van der Waals surface area contributed by atoms with Gasteiger partial charge >= 0.3 is 5.97 Å². The first kappa shape index (κ1) is 20.4. The Hall–Kier alpha value is -1.90. The Morgan fingerprint density at radius 1 is 1.27 bits per heavy atom. The zero-order valence-corrected chi connectivity index (χ0v) is 16.1. The van der Waals surface area contributed by atoms with E-state index >= 15 is 0 Å². The minimum absolute atomic E-state index is 0.192. The Kier molecular flexibility index (Phi) is 6.80. The zero-order valence-electron chi connectivity index (χ0n) is 15.3. The van der Waals surface area contributed by atoms with Gasteiger partial charge in [-0.3, -0.25) is 0 Å². The normalized spacial score (nSPS) is 18.0. The third kappa shape index (κ3) is 4.63. The molecule has 0 bridgehead atoms. The van der Waals surface area contributed by atoms with Gasteiger partial charge in [-0.2, -0.15) is 4.31 Å². The number of rotatable bonds is 8. The summed E-state index contributed by atoms with van der Waals surface area (Å²) in [5.74, 6) is -0.418. The Morgan fingerprint density at radius 3 is 2.50 bits per heavy atom. The van der Waals surface area contributed by atoms with Crippen LogP contribution in [-0.2, 0) is 19.6 Å². The van der Waals surface area contributed by atoms with Gasteiger partial charge in [-0.25, -0.2) is 13.2 Å². The number of ether oxygens (including phenoxy) is 2. The molecule has 0 amide bonds. The van der Waals surface area contributed by atoms with E-state index in [-0.39, 0.29) is 25.8 Å². The SMILES string of the molecule is COc1cc(C)c(S(=O)(=O)N2CC=CCC2CCOCC(=O)O)c(C)c1. The number of carboxylic acid groups (broad SMARTS) is 1. The predicted octanol–water partition coefficient (Wildman–Crippen LogP) is 2.12. The monoisotopic (exact) mass is 383 g/mol. The lowest BCUT2D eigenvalue weighted by Gasteiger charge is -2.33. The molecule has 1 unspecified atom stereocenters. The average molecular weight is 383 g/mol. The van der Waals surface area contributed by atoms with Crippen molar-refractivity contribution in [2.45, 2.75) is 37.6 Å². The third-order valence-corrected chi connectivity index (χ3v) is 6.55. The zero-order chi connectivity index (χ0) is 19.3. The van der Waals surface area contributed by atoms with E-state index in [2.05, 4.69) is 0 Å². The number of carboxylic acids is 1. The van der Waals surface area contributed by atoms with Crippen molar-refractivity contribution in [3.05, 3.63) is 35.4 Å². The summed E-state index contributed by atoms with van der Waals surface area (Å²) < 4.78 is 38.4. The number of hydrogen-bond donors (Lipinski definition) is 1. The van der Waals surface area contributed by atoms with Crippen molar-refractivity contribution in [1.82, 2.24) is 4.31 Å². The van der Waals surface area contributed by atoms with E-state index in [1.807, 2.05) is 12.2 Å². The largest absolute Gasteiger partial charge is 0.497 e. The molecular weight excluding hydrogens is 358 g/mol. The van der Waals surface area contributed by atoms with Crippen LogP contribution in [0.2, 0.25) is 0 Å². The molecule has 1 atom stereocenters. The summed E-state index contributed by atoms with van der Waals surface area (Å²) >= 11 is 0. The second-order valence-electron chi connectivity index (χ2n) is 6.26. The molecule has 144 valence electrons. The first-order valence-electron chi connectivity index (χ1n) is 8.39. The van der Waals surface area contributed by atoms with Crippen molar-refractivity contribution < 1.29 is 27.8 Å². The highest BCUT2D eigenvalue weighted by molar-refractivity contribution is 7.89. The van der Waals surface area contributed by atoms with Crippen LogP contribution in [0.5, 0.6) is 5.75 Å². The van der Waals surface area contributed by atoms with Crippen LogP contribution in [0.15, 0.2) is 29.2 Å². The van der Waals surface area contributed by atoms with Crippen molar-refractivity contribution in [1.29, 1.82) is 0 Å². The highest BCUT2D eigenvalue weighted by Gasteiger charge is 2.33. The van der Waals surface area contributed by atoms with Crippen molar-refractivity contribution >= 4 is 16.0 Å². The molecule has 0 radical (unpaired) electrons. The van der Waals surface area contributed by atoms with Crippen LogP contribution < -0.4 is 4.74 Å². The van der Waals surface area contributed by atoms with Crippen LogP contribution >= 0.6 is 0 Å². The molecule has 8 heteroatoms. The number of hydrogen-bond acceptors (Lipinski definition) is 5. The number of methoxy groups -OCH3 is 1. The van der Waals surface area contributed by atoms with E-state index in [0.29, 0.717) is 34.6 Å². The quantitative estimate of drug-likeness (QED) is 0.546. The number of carbonyl (C=O) groups is 1. The van der Waals surface area contributed by atoms with Gasteiger partial charge in [-0.1, -0.05) is 12.2 Å². The molecule has 1 aromatic rings. The molecule has 0 aliphatic carbocycles. The van der Waals surface area contributed by atoms with Crippen molar-refractivity contribution in [3.63, 3.8) is 0 Å². The lowest BCUT2D eigenvalue weighted by Crippen LogP contribution is -2.43. The van der Waals surface area contributed by atoms with Gasteiger partial charge in [0.05, 0.1) is 12.0 Å². The summed E-state index contributed by atoms with van der Waals surface area (Å²) in [6, 6.07) is 3.16. The maximum atomic E-state index is 13.3. The molecule has 0 saturated carbocycles. The number of aryl methyl sites for hydroxylation is 2. The molecule has 1 heterocycles. The van der Waals surface area contributed by atoms with E-state index in [4.69, 9.17) is 14.6 Å². The molecule has 7 nitrogen and oxygen atoms in total. The summed E-state index contributed by atoms with van der Waals surface area (Å²) in [5.41, 5.74) is 1.27. The van der Waals surface area contributed by atoms with Crippen molar-refractivity contribution in [2.75, 3.05) is 26.9 Å². The van der Waals surface area contributed by atoms with E-state index in [9.17, 15) is 13.2 Å². The fourth-order valence-electron chi connectivity index (χ4n) is 3.19. The standard InChI is InChI=1S/C18H25NO6S/c1-13-10-16(24-3)11-14(2)18(13)26(22,23)19-8-5-4-6-15(19)7-9-25-12-17(20)21/h4-5,10-11,15H,6-9,12H2,1-3H3,(H,20,21). The average Bonchev–Trinajstić information content (AvgIpc) is 2.57. The number of benzene rings is 1. The van der Waals surface area contributed by atoms with E-state index in [1.165, 1.54) is 4.31 Å². The predicted molar refractivity (Wildman–Crippen MR) is 97.0 cm³/mol. The second-order valence-corrected chi connectivity index (χ2v) is 8.09. The topological polar surface area (TPSA) is 93.1 Å². The molecule has 26 heavy (non-hydrogen) atoms. The van der Waals surface area contributed by atoms with Gasteiger partial charge in [0.15, 0.2) is 0 Å². The van der Waals surface area contributed by atoms with Gasteiger partial charge < -0.3 is 14.6 Å².